The standard InChI is InChI=1S/C15H18ClN5O2/c1-21-12(2-4-20-21)13-9(3-5-23-13)7-18-15-11(16)6-10(8-19-15)14(17)22/h2,4,6,8-9,13H,3,5,7H2,1H3,(H2,17,22)(H,18,19)/t9-,13+/m0/s1. The summed E-state index contributed by atoms with van der Waals surface area (Å²) in [7, 11) is 1.91. The van der Waals surface area contributed by atoms with E-state index in [2.05, 4.69) is 15.4 Å². The third-order valence-electron chi connectivity index (χ3n) is 4.02. The van der Waals surface area contributed by atoms with Gasteiger partial charge in [-0.15, -0.1) is 0 Å². The number of pyridine rings is 1. The van der Waals surface area contributed by atoms with Crippen LogP contribution in [0.4, 0.5) is 5.82 Å². The van der Waals surface area contributed by atoms with Crippen LogP contribution in [0.25, 0.3) is 0 Å². The molecule has 3 N–H and O–H groups in total. The van der Waals surface area contributed by atoms with Crippen molar-refractivity contribution in [1.29, 1.82) is 0 Å². The number of nitrogens with one attached hydrogen (secondary N) is 1. The minimum Gasteiger partial charge on any atom is -0.372 e. The summed E-state index contributed by atoms with van der Waals surface area (Å²) in [6, 6.07) is 3.48. The summed E-state index contributed by atoms with van der Waals surface area (Å²) in [5.41, 5.74) is 6.55. The second-order valence-electron chi connectivity index (χ2n) is 5.52. The van der Waals surface area contributed by atoms with Crippen LogP contribution < -0.4 is 11.1 Å². The van der Waals surface area contributed by atoms with Crippen molar-refractivity contribution < 1.29 is 9.53 Å². The predicted molar refractivity (Wildman–Crippen MR) is 86.3 cm³/mol. The third-order valence-corrected chi connectivity index (χ3v) is 4.31. The van der Waals surface area contributed by atoms with Gasteiger partial charge in [-0.3, -0.25) is 9.48 Å². The zero-order chi connectivity index (χ0) is 16.4. The Morgan fingerprint density at radius 3 is 3.09 bits per heavy atom. The van der Waals surface area contributed by atoms with Gasteiger partial charge in [-0.1, -0.05) is 11.6 Å². The van der Waals surface area contributed by atoms with Gasteiger partial charge in [0, 0.05) is 38.5 Å². The molecule has 2 aromatic rings. The number of hydrogen-bond donors (Lipinski definition) is 2. The maximum Gasteiger partial charge on any atom is 0.250 e. The molecule has 7 nitrogen and oxygen atoms in total. The number of nitrogens with zero attached hydrogens (tertiary/aromatic N) is 3. The molecule has 0 saturated carbocycles. The van der Waals surface area contributed by atoms with Gasteiger partial charge in [0.25, 0.3) is 0 Å². The number of nitrogens with two attached hydrogens (primary N) is 1. The van der Waals surface area contributed by atoms with Crippen molar-refractivity contribution >= 4 is 23.3 Å². The van der Waals surface area contributed by atoms with E-state index in [1.54, 1.807) is 6.20 Å². The lowest BCUT2D eigenvalue weighted by Crippen LogP contribution is -2.20. The summed E-state index contributed by atoms with van der Waals surface area (Å²) in [5, 5.41) is 7.79. The molecule has 0 radical (unpaired) electrons. The van der Waals surface area contributed by atoms with Gasteiger partial charge in [0.15, 0.2) is 0 Å². The third kappa shape index (κ3) is 3.30. The van der Waals surface area contributed by atoms with Crippen molar-refractivity contribution in [3.8, 4) is 0 Å². The Morgan fingerprint density at radius 2 is 2.43 bits per heavy atom. The van der Waals surface area contributed by atoms with E-state index in [9.17, 15) is 4.79 Å². The van der Waals surface area contributed by atoms with Gasteiger partial charge in [0.2, 0.25) is 5.91 Å². The van der Waals surface area contributed by atoms with E-state index in [0.29, 0.717) is 29.9 Å². The zero-order valence-corrected chi connectivity index (χ0v) is 13.5. The summed E-state index contributed by atoms with van der Waals surface area (Å²) in [6.45, 7) is 1.38. The molecule has 23 heavy (non-hydrogen) atoms. The molecule has 8 heteroatoms. The first-order valence-corrected chi connectivity index (χ1v) is 7.73. The van der Waals surface area contributed by atoms with E-state index in [1.165, 1.54) is 12.3 Å². The van der Waals surface area contributed by atoms with Gasteiger partial charge in [-0.2, -0.15) is 5.10 Å². The van der Waals surface area contributed by atoms with E-state index in [0.717, 1.165) is 12.1 Å². The van der Waals surface area contributed by atoms with E-state index < -0.39 is 5.91 Å². The maximum absolute atomic E-state index is 11.1. The fraction of sp³-hybridized carbons (Fsp3) is 0.400. The average Bonchev–Trinajstić information content (AvgIpc) is 3.14. The van der Waals surface area contributed by atoms with Crippen LogP contribution >= 0.6 is 11.6 Å². The molecule has 1 saturated heterocycles. The van der Waals surface area contributed by atoms with E-state index in [1.807, 2.05) is 17.8 Å². The summed E-state index contributed by atoms with van der Waals surface area (Å²) in [4.78, 5) is 15.3. The van der Waals surface area contributed by atoms with Crippen LogP contribution in [0.5, 0.6) is 0 Å². The number of carbonyl (C=O) groups is 1. The zero-order valence-electron chi connectivity index (χ0n) is 12.7. The molecule has 0 aliphatic carbocycles. The van der Waals surface area contributed by atoms with Crippen molar-refractivity contribution in [3.05, 3.63) is 40.8 Å². The number of aryl methyl sites for hydroxylation is 1. The van der Waals surface area contributed by atoms with Crippen LogP contribution in [0.2, 0.25) is 5.02 Å². The van der Waals surface area contributed by atoms with Gasteiger partial charge in [-0.25, -0.2) is 4.98 Å². The lowest BCUT2D eigenvalue weighted by molar-refractivity contribution is 0.0866. The molecule has 3 heterocycles. The van der Waals surface area contributed by atoms with Crippen LogP contribution in [-0.4, -0.2) is 33.8 Å². The molecule has 2 aromatic heterocycles. The summed E-state index contributed by atoms with van der Waals surface area (Å²) >= 11 is 6.14. The summed E-state index contributed by atoms with van der Waals surface area (Å²) < 4.78 is 7.67. The molecule has 2 atom stereocenters. The Bertz CT molecular complexity index is 718. The molecular weight excluding hydrogens is 318 g/mol. The van der Waals surface area contributed by atoms with Gasteiger partial charge < -0.3 is 15.8 Å². The van der Waals surface area contributed by atoms with Gasteiger partial charge in [0.05, 0.1) is 16.3 Å². The number of aromatic nitrogens is 3. The first-order valence-electron chi connectivity index (χ1n) is 7.35. The van der Waals surface area contributed by atoms with Crippen LogP contribution in [0.3, 0.4) is 0 Å². The second-order valence-corrected chi connectivity index (χ2v) is 5.93. The van der Waals surface area contributed by atoms with Crippen molar-refractivity contribution in [1.82, 2.24) is 14.8 Å². The molecule has 122 valence electrons. The number of carbonyl (C=O) groups excluding carboxylic acids is 1. The van der Waals surface area contributed by atoms with Crippen molar-refractivity contribution in [2.75, 3.05) is 18.5 Å². The Labute approximate surface area is 138 Å². The molecule has 0 unspecified atom stereocenters. The Balaban J connectivity index is 1.68. The molecule has 1 aliphatic heterocycles. The topological polar surface area (TPSA) is 95.1 Å². The van der Waals surface area contributed by atoms with Crippen LogP contribution in [-0.2, 0) is 11.8 Å². The first-order chi connectivity index (χ1) is 11.1. The number of amides is 1. The largest absolute Gasteiger partial charge is 0.372 e. The molecule has 3 rings (SSSR count). The number of primary amides is 1. The van der Waals surface area contributed by atoms with E-state index in [-0.39, 0.29) is 11.7 Å². The monoisotopic (exact) mass is 335 g/mol. The van der Waals surface area contributed by atoms with Gasteiger partial charge in [0.1, 0.15) is 11.9 Å². The quantitative estimate of drug-likeness (QED) is 0.868. The van der Waals surface area contributed by atoms with Gasteiger partial charge >= 0.3 is 0 Å². The maximum atomic E-state index is 11.1. The number of hydrogen-bond acceptors (Lipinski definition) is 5. The average molecular weight is 336 g/mol. The highest BCUT2D eigenvalue weighted by Crippen LogP contribution is 2.34. The lowest BCUT2D eigenvalue weighted by atomic mass is 9.99. The van der Waals surface area contributed by atoms with Gasteiger partial charge in [-0.05, 0) is 18.6 Å². The summed E-state index contributed by atoms with van der Waals surface area (Å²) in [5.74, 6) is 0.276. The number of ether oxygens (including phenoxy) is 1. The highest BCUT2D eigenvalue weighted by atomic mass is 35.5. The lowest BCUT2D eigenvalue weighted by Gasteiger charge is -2.19. The fourth-order valence-corrected chi connectivity index (χ4v) is 3.00. The Morgan fingerprint density at radius 1 is 1.61 bits per heavy atom. The molecule has 1 amide bonds. The fourth-order valence-electron chi connectivity index (χ4n) is 2.76. The second kappa shape index (κ2) is 6.55. The normalized spacial score (nSPS) is 20.6. The van der Waals surface area contributed by atoms with Crippen molar-refractivity contribution in [2.24, 2.45) is 18.7 Å². The minimum atomic E-state index is -0.550. The molecule has 1 fully saturated rings. The molecular formula is C15H18ClN5O2. The Kier molecular flexibility index (Phi) is 4.49. The van der Waals surface area contributed by atoms with Crippen LogP contribution in [0.15, 0.2) is 24.5 Å². The molecule has 0 bridgehead atoms. The van der Waals surface area contributed by atoms with E-state index in [4.69, 9.17) is 22.1 Å². The Hall–Kier alpha value is -2.12. The summed E-state index contributed by atoms with van der Waals surface area (Å²) in [6.07, 6.45) is 4.13. The van der Waals surface area contributed by atoms with Crippen LogP contribution in [0, 0.1) is 5.92 Å². The minimum absolute atomic E-state index is 0.00123. The van der Waals surface area contributed by atoms with Crippen molar-refractivity contribution in [3.63, 3.8) is 0 Å². The first kappa shape index (κ1) is 15.8. The number of halogens is 1. The highest BCUT2D eigenvalue weighted by Gasteiger charge is 2.31. The van der Waals surface area contributed by atoms with Crippen LogP contribution in [0.1, 0.15) is 28.6 Å². The highest BCUT2D eigenvalue weighted by molar-refractivity contribution is 6.33. The SMILES string of the molecule is Cn1nccc1[C@@H]1OCC[C@H]1CNc1ncc(C(N)=O)cc1Cl. The smallest absolute Gasteiger partial charge is 0.250 e. The number of rotatable bonds is 5. The molecule has 0 aromatic carbocycles. The van der Waals surface area contributed by atoms with Crippen molar-refractivity contribution in [2.45, 2.75) is 12.5 Å². The van der Waals surface area contributed by atoms with E-state index >= 15 is 0 Å². The predicted octanol–water partition coefficient (Wildman–Crippen LogP) is 1.76. The number of anilines is 1. The molecule has 0 spiro atoms. The molecule has 1 aliphatic rings.